The maximum absolute atomic E-state index is 12.6. The third kappa shape index (κ3) is 5.44. The lowest BCUT2D eigenvalue weighted by Crippen LogP contribution is -2.25. The number of pyridine rings is 1. The Morgan fingerprint density at radius 2 is 1.79 bits per heavy atom. The molecule has 1 saturated carbocycles. The van der Waals surface area contributed by atoms with E-state index in [0.717, 1.165) is 31.2 Å². The molecule has 2 aromatic heterocycles. The van der Waals surface area contributed by atoms with Crippen LogP contribution in [0.15, 0.2) is 48.7 Å². The van der Waals surface area contributed by atoms with Gasteiger partial charge in [0.05, 0.1) is 28.8 Å². The Bertz CT molecular complexity index is 1150. The Morgan fingerprint density at radius 3 is 2.50 bits per heavy atom. The van der Waals surface area contributed by atoms with Gasteiger partial charge in [-0.1, -0.05) is 49.6 Å². The minimum Gasteiger partial charge on any atom is -0.441 e. The minimum absolute atomic E-state index is 0.0661. The fourth-order valence-corrected chi connectivity index (χ4v) is 4.29. The topological polar surface area (TPSA) is 98.1 Å². The van der Waals surface area contributed by atoms with Crippen molar-refractivity contribution in [3.8, 4) is 11.3 Å². The molecule has 4 rings (SSSR count). The summed E-state index contributed by atoms with van der Waals surface area (Å²) in [5, 5.41) is 10.1. The number of hydrogen-bond acceptors (Lipinski definition) is 5. The van der Waals surface area contributed by atoms with Crippen LogP contribution in [0.3, 0.4) is 0 Å². The smallest absolute Gasteiger partial charge is 0.413 e. The van der Waals surface area contributed by atoms with E-state index in [1.165, 1.54) is 6.42 Å². The summed E-state index contributed by atoms with van der Waals surface area (Å²) in [5.41, 5.74) is 3.63. The SMILES string of the molecule is Cc1nc(-c2cnn(C)c2NC(=O)O[C@@H](C)c2ccccc2)ccc1NC(=O)C1CCCCC1. The highest BCUT2D eigenvalue weighted by Gasteiger charge is 2.22. The predicted molar refractivity (Wildman–Crippen MR) is 131 cm³/mol. The summed E-state index contributed by atoms with van der Waals surface area (Å²) in [5.74, 6) is 0.624. The first-order valence-electron chi connectivity index (χ1n) is 11.8. The van der Waals surface area contributed by atoms with Gasteiger partial charge in [0.1, 0.15) is 11.9 Å². The quantitative estimate of drug-likeness (QED) is 0.496. The van der Waals surface area contributed by atoms with Crippen molar-refractivity contribution in [2.75, 3.05) is 10.6 Å². The van der Waals surface area contributed by atoms with Crippen LogP contribution in [0, 0.1) is 12.8 Å². The van der Waals surface area contributed by atoms with Crippen LogP contribution < -0.4 is 10.6 Å². The highest BCUT2D eigenvalue weighted by molar-refractivity contribution is 5.93. The van der Waals surface area contributed by atoms with E-state index in [1.54, 1.807) is 17.9 Å². The summed E-state index contributed by atoms with van der Waals surface area (Å²) in [6, 6.07) is 13.2. The second-order valence-corrected chi connectivity index (χ2v) is 8.77. The number of aromatic nitrogens is 3. The lowest BCUT2D eigenvalue weighted by Gasteiger charge is -2.21. The number of amides is 2. The van der Waals surface area contributed by atoms with Crippen molar-refractivity contribution in [1.82, 2.24) is 14.8 Å². The van der Waals surface area contributed by atoms with Gasteiger partial charge in [-0.15, -0.1) is 0 Å². The van der Waals surface area contributed by atoms with E-state index in [1.807, 2.05) is 56.3 Å². The maximum atomic E-state index is 12.6. The molecule has 2 N–H and O–H groups in total. The molecule has 0 spiro atoms. The van der Waals surface area contributed by atoms with Crippen LogP contribution in [-0.4, -0.2) is 26.8 Å². The van der Waals surface area contributed by atoms with Gasteiger partial charge < -0.3 is 10.1 Å². The van der Waals surface area contributed by atoms with Crippen molar-refractivity contribution in [2.24, 2.45) is 13.0 Å². The summed E-state index contributed by atoms with van der Waals surface area (Å²) in [6.07, 6.45) is 5.99. The molecular weight excluding hydrogens is 430 g/mol. The van der Waals surface area contributed by atoms with Gasteiger partial charge in [0, 0.05) is 13.0 Å². The highest BCUT2D eigenvalue weighted by atomic mass is 16.6. The predicted octanol–water partition coefficient (Wildman–Crippen LogP) is 5.62. The fourth-order valence-electron chi connectivity index (χ4n) is 4.29. The van der Waals surface area contributed by atoms with Crippen molar-refractivity contribution in [3.63, 3.8) is 0 Å². The molecule has 34 heavy (non-hydrogen) atoms. The Balaban J connectivity index is 1.46. The van der Waals surface area contributed by atoms with Crippen molar-refractivity contribution in [3.05, 3.63) is 59.9 Å². The number of carbonyl (C=O) groups excluding carboxylic acids is 2. The molecule has 1 aliphatic carbocycles. The van der Waals surface area contributed by atoms with Crippen molar-refractivity contribution in [1.29, 1.82) is 0 Å². The summed E-state index contributed by atoms with van der Waals surface area (Å²) >= 11 is 0. The number of ether oxygens (including phenoxy) is 1. The number of aryl methyl sites for hydroxylation is 2. The minimum atomic E-state index is -0.575. The number of anilines is 2. The standard InChI is InChI=1S/C26H31N5O3/c1-17-22(29-25(32)20-12-8-5-9-13-20)14-15-23(28-17)21-16-27-31(3)24(21)30-26(33)34-18(2)19-10-6-4-7-11-19/h4,6-7,10-11,14-16,18,20H,5,8-9,12-13H2,1-3H3,(H,29,32)(H,30,33)/t18-/m0/s1. The van der Waals surface area contributed by atoms with E-state index in [9.17, 15) is 9.59 Å². The summed E-state index contributed by atoms with van der Waals surface area (Å²) in [6.45, 7) is 3.68. The number of nitrogens with one attached hydrogen (secondary N) is 2. The number of rotatable bonds is 6. The molecule has 1 aliphatic rings. The first kappa shape index (κ1) is 23.5. The number of hydrogen-bond donors (Lipinski definition) is 2. The zero-order valence-corrected chi connectivity index (χ0v) is 19.9. The Kier molecular flexibility index (Phi) is 7.25. The molecule has 8 heteroatoms. The molecule has 0 unspecified atom stereocenters. The second kappa shape index (κ2) is 10.5. The summed E-state index contributed by atoms with van der Waals surface area (Å²) in [4.78, 5) is 29.9. The van der Waals surface area contributed by atoms with Gasteiger partial charge in [0.15, 0.2) is 0 Å². The summed E-state index contributed by atoms with van der Waals surface area (Å²) < 4.78 is 7.11. The van der Waals surface area contributed by atoms with E-state index in [2.05, 4.69) is 20.7 Å². The Morgan fingerprint density at radius 1 is 1.06 bits per heavy atom. The second-order valence-electron chi connectivity index (χ2n) is 8.77. The molecule has 1 atom stereocenters. The van der Waals surface area contributed by atoms with Gasteiger partial charge in [-0.05, 0) is 44.4 Å². The first-order valence-corrected chi connectivity index (χ1v) is 11.8. The first-order chi connectivity index (χ1) is 16.4. The van der Waals surface area contributed by atoms with Crippen molar-refractivity contribution < 1.29 is 14.3 Å². The number of carbonyl (C=O) groups is 2. The molecule has 2 amide bonds. The zero-order valence-electron chi connectivity index (χ0n) is 19.9. The third-order valence-corrected chi connectivity index (χ3v) is 6.31. The average Bonchev–Trinajstić information content (AvgIpc) is 3.21. The van der Waals surface area contributed by atoms with Crippen LogP contribution in [0.2, 0.25) is 0 Å². The largest absolute Gasteiger partial charge is 0.441 e. The molecule has 8 nitrogen and oxygen atoms in total. The van der Waals surface area contributed by atoms with Crippen LogP contribution in [0.5, 0.6) is 0 Å². The van der Waals surface area contributed by atoms with Crippen LogP contribution in [0.4, 0.5) is 16.3 Å². The van der Waals surface area contributed by atoms with Crippen LogP contribution in [0.1, 0.15) is 56.4 Å². The molecule has 0 radical (unpaired) electrons. The molecule has 1 fully saturated rings. The van der Waals surface area contributed by atoms with Crippen LogP contribution in [0.25, 0.3) is 11.3 Å². The lowest BCUT2D eigenvalue weighted by atomic mass is 9.88. The Hall–Kier alpha value is -3.68. The van der Waals surface area contributed by atoms with E-state index in [4.69, 9.17) is 4.74 Å². The maximum Gasteiger partial charge on any atom is 0.413 e. The zero-order chi connectivity index (χ0) is 24.1. The molecule has 2 heterocycles. The number of nitrogens with zero attached hydrogens (tertiary/aromatic N) is 3. The van der Waals surface area contributed by atoms with E-state index < -0.39 is 12.2 Å². The molecule has 0 aliphatic heterocycles. The van der Waals surface area contributed by atoms with E-state index >= 15 is 0 Å². The Labute approximate surface area is 199 Å². The van der Waals surface area contributed by atoms with Gasteiger partial charge in [-0.2, -0.15) is 5.10 Å². The molecule has 0 saturated heterocycles. The fraction of sp³-hybridized carbons (Fsp3) is 0.385. The van der Waals surface area contributed by atoms with Gasteiger partial charge in [-0.3, -0.25) is 19.8 Å². The van der Waals surface area contributed by atoms with Gasteiger partial charge in [0.2, 0.25) is 5.91 Å². The van der Waals surface area contributed by atoms with Crippen molar-refractivity contribution in [2.45, 2.75) is 52.1 Å². The van der Waals surface area contributed by atoms with Crippen LogP contribution >= 0.6 is 0 Å². The van der Waals surface area contributed by atoms with E-state index in [0.29, 0.717) is 28.5 Å². The average molecular weight is 462 g/mol. The molecule has 3 aromatic rings. The van der Waals surface area contributed by atoms with Gasteiger partial charge >= 0.3 is 6.09 Å². The third-order valence-electron chi connectivity index (χ3n) is 6.31. The van der Waals surface area contributed by atoms with Gasteiger partial charge in [-0.25, -0.2) is 4.79 Å². The molecular formula is C26H31N5O3. The summed E-state index contributed by atoms with van der Waals surface area (Å²) in [7, 11) is 1.74. The van der Waals surface area contributed by atoms with Crippen LogP contribution in [-0.2, 0) is 16.6 Å². The normalized spacial score (nSPS) is 14.9. The van der Waals surface area contributed by atoms with Crippen molar-refractivity contribution >= 4 is 23.5 Å². The molecule has 0 bridgehead atoms. The monoisotopic (exact) mass is 461 g/mol. The van der Waals surface area contributed by atoms with Gasteiger partial charge in [0.25, 0.3) is 0 Å². The molecule has 178 valence electrons. The molecule has 1 aromatic carbocycles. The van der Waals surface area contributed by atoms with E-state index in [-0.39, 0.29) is 11.8 Å². The number of benzene rings is 1. The highest BCUT2D eigenvalue weighted by Crippen LogP contribution is 2.30. The lowest BCUT2D eigenvalue weighted by molar-refractivity contribution is -0.120.